The number of carbonyl (C=O) groups is 2. The first-order chi connectivity index (χ1) is 18.9. The van der Waals surface area contributed by atoms with Crippen LogP contribution >= 0.6 is 22.9 Å². The fraction of sp³-hybridized carbons (Fsp3) is 0.483. The van der Waals surface area contributed by atoms with Crippen LogP contribution in [0.1, 0.15) is 85.7 Å². The minimum Gasteiger partial charge on any atom is -0.444 e. The van der Waals surface area contributed by atoms with Gasteiger partial charge in [-0.25, -0.2) is 4.79 Å². The average Bonchev–Trinajstić information content (AvgIpc) is 3.35. The Morgan fingerprint density at radius 2 is 1.70 bits per heavy atom. The van der Waals surface area contributed by atoms with Gasteiger partial charge in [0.25, 0.3) is 0 Å². The Bertz CT molecular complexity index is 1400. The molecule has 2 aromatic heterocycles. The van der Waals surface area contributed by atoms with Crippen molar-refractivity contribution in [2.24, 2.45) is 4.99 Å². The van der Waals surface area contributed by atoms with Gasteiger partial charge in [-0.15, -0.1) is 21.5 Å². The highest BCUT2D eigenvalue weighted by Crippen LogP contribution is 2.39. The molecule has 0 aliphatic carbocycles. The molecule has 0 saturated heterocycles. The number of hydrogen-bond donors (Lipinski definition) is 2. The summed E-state index contributed by atoms with van der Waals surface area (Å²) in [5.74, 6) is 1.32. The van der Waals surface area contributed by atoms with Crippen LogP contribution in [-0.2, 0) is 9.53 Å². The van der Waals surface area contributed by atoms with Gasteiger partial charge in [-0.1, -0.05) is 23.7 Å². The molecule has 2 N–H and O–H groups in total. The Labute approximate surface area is 244 Å². The molecule has 214 valence electrons. The van der Waals surface area contributed by atoms with Crippen molar-refractivity contribution in [3.8, 4) is 5.00 Å². The second-order valence-corrected chi connectivity index (χ2v) is 12.6. The van der Waals surface area contributed by atoms with Crippen LogP contribution in [0.3, 0.4) is 0 Å². The maximum Gasteiger partial charge on any atom is 0.407 e. The standard InChI is InChI=1S/C29H37ClN6O3S/c1-17-18(2)40-27-24(17)25(20-10-12-21(30)13-11-20)33-22(26-35-34-19(3)36(26)27)16-23(37)31-14-8-7-9-15-32-28(38)39-29(4,5)6/h10-13,22H,7-9,14-16H2,1-6H3,(H,31,37)(H,32,38)/t22-/m0/s1. The van der Waals surface area contributed by atoms with E-state index < -0.39 is 17.7 Å². The molecule has 3 aromatic rings. The number of alkyl carbamates (subject to hydrolysis) is 1. The van der Waals surface area contributed by atoms with Crippen molar-refractivity contribution in [1.29, 1.82) is 0 Å². The predicted molar refractivity (Wildman–Crippen MR) is 159 cm³/mol. The number of aliphatic imine (C=N–C) groups is 1. The summed E-state index contributed by atoms with van der Waals surface area (Å²) < 4.78 is 7.28. The number of unbranched alkanes of at least 4 members (excludes halogenated alkanes) is 2. The van der Waals surface area contributed by atoms with Gasteiger partial charge < -0.3 is 15.4 Å². The highest BCUT2D eigenvalue weighted by atomic mass is 35.5. The number of ether oxygens (including phenoxy) is 1. The molecule has 1 atom stereocenters. The lowest BCUT2D eigenvalue weighted by Crippen LogP contribution is -2.33. The molecule has 11 heteroatoms. The van der Waals surface area contributed by atoms with Crippen molar-refractivity contribution in [2.45, 2.75) is 78.9 Å². The van der Waals surface area contributed by atoms with Crippen molar-refractivity contribution >= 4 is 40.6 Å². The third kappa shape index (κ3) is 7.09. The van der Waals surface area contributed by atoms with Gasteiger partial charge in [0.1, 0.15) is 22.5 Å². The molecule has 40 heavy (non-hydrogen) atoms. The minimum atomic E-state index is -0.513. The van der Waals surface area contributed by atoms with Crippen molar-refractivity contribution in [1.82, 2.24) is 25.4 Å². The summed E-state index contributed by atoms with van der Waals surface area (Å²) in [7, 11) is 0. The number of nitrogens with one attached hydrogen (secondary N) is 2. The Balaban J connectivity index is 1.43. The first-order valence-corrected chi connectivity index (χ1v) is 14.7. The van der Waals surface area contributed by atoms with Crippen LogP contribution in [0, 0.1) is 20.8 Å². The molecule has 2 amide bonds. The number of aryl methyl sites for hydroxylation is 2. The van der Waals surface area contributed by atoms with Crippen molar-refractivity contribution < 1.29 is 14.3 Å². The first-order valence-electron chi connectivity index (χ1n) is 13.5. The van der Waals surface area contributed by atoms with Crippen molar-refractivity contribution in [3.63, 3.8) is 0 Å². The number of halogens is 1. The molecule has 0 unspecified atom stereocenters. The SMILES string of the molecule is Cc1sc2c(c1C)C(c1ccc(Cl)cc1)=N[C@@H](CC(=O)NCCCCCNC(=O)OC(C)(C)C)c1nnc(C)n1-2. The number of hydrogen-bond acceptors (Lipinski definition) is 7. The van der Waals surface area contributed by atoms with Gasteiger partial charge in [0.2, 0.25) is 5.91 Å². The highest BCUT2D eigenvalue weighted by Gasteiger charge is 2.32. The third-order valence-corrected chi connectivity index (χ3v) is 8.02. The van der Waals surface area contributed by atoms with E-state index in [2.05, 4.69) is 34.7 Å². The van der Waals surface area contributed by atoms with E-state index in [1.165, 1.54) is 4.88 Å². The lowest BCUT2D eigenvalue weighted by atomic mass is 9.99. The summed E-state index contributed by atoms with van der Waals surface area (Å²) in [6.45, 7) is 12.7. The average molecular weight is 585 g/mol. The number of aromatic nitrogens is 3. The van der Waals surface area contributed by atoms with Crippen LogP contribution in [0.2, 0.25) is 5.02 Å². The molecule has 4 rings (SSSR count). The van der Waals surface area contributed by atoms with Crippen LogP contribution in [0.4, 0.5) is 4.79 Å². The molecule has 0 fully saturated rings. The van der Waals surface area contributed by atoms with E-state index in [0.717, 1.165) is 52.5 Å². The van der Waals surface area contributed by atoms with E-state index >= 15 is 0 Å². The number of thiophene rings is 1. The van der Waals surface area contributed by atoms with Gasteiger partial charge in [0, 0.05) is 34.1 Å². The lowest BCUT2D eigenvalue weighted by Gasteiger charge is -2.19. The van der Waals surface area contributed by atoms with E-state index in [4.69, 9.17) is 21.3 Å². The summed E-state index contributed by atoms with van der Waals surface area (Å²) in [6, 6.07) is 7.14. The van der Waals surface area contributed by atoms with Crippen LogP contribution < -0.4 is 10.6 Å². The molecule has 0 radical (unpaired) electrons. The number of amides is 2. The Morgan fingerprint density at radius 3 is 2.38 bits per heavy atom. The molecule has 3 heterocycles. The molecular formula is C29H37ClN6O3S. The van der Waals surface area contributed by atoms with Crippen LogP contribution in [0.15, 0.2) is 29.3 Å². The molecule has 0 saturated carbocycles. The zero-order chi connectivity index (χ0) is 29.0. The molecule has 1 aliphatic heterocycles. The van der Waals surface area contributed by atoms with Gasteiger partial charge in [-0.2, -0.15) is 0 Å². The number of rotatable bonds is 9. The predicted octanol–water partition coefficient (Wildman–Crippen LogP) is 6.00. The fourth-order valence-electron chi connectivity index (χ4n) is 4.54. The van der Waals surface area contributed by atoms with E-state index in [1.54, 1.807) is 11.3 Å². The van der Waals surface area contributed by atoms with Gasteiger partial charge in [0.05, 0.1) is 12.1 Å². The lowest BCUT2D eigenvalue weighted by molar-refractivity contribution is -0.121. The van der Waals surface area contributed by atoms with E-state index in [1.807, 2.05) is 56.5 Å². The normalized spacial score (nSPS) is 14.6. The zero-order valence-corrected chi connectivity index (χ0v) is 25.5. The molecule has 0 bridgehead atoms. The second kappa shape index (κ2) is 12.5. The largest absolute Gasteiger partial charge is 0.444 e. The van der Waals surface area contributed by atoms with E-state index in [9.17, 15) is 9.59 Å². The summed E-state index contributed by atoms with van der Waals surface area (Å²) in [6.07, 6.45) is 2.21. The quantitative estimate of drug-likeness (QED) is 0.300. The number of fused-ring (bicyclic) bond motifs is 3. The first kappa shape index (κ1) is 29.7. The fourth-order valence-corrected chi connectivity index (χ4v) is 5.88. The topological polar surface area (TPSA) is 110 Å². The molecule has 1 aromatic carbocycles. The number of carbonyl (C=O) groups excluding carboxylic acids is 2. The van der Waals surface area contributed by atoms with Crippen LogP contribution in [-0.4, -0.2) is 51.2 Å². The summed E-state index contributed by atoms with van der Waals surface area (Å²) in [4.78, 5) is 31.1. The Morgan fingerprint density at radius 1 is 1.02 bits per heavy atom. The van der Waals surface area contributed by atoms with Gasteiger partial charge in [0.15, 0.2) is 5.82 Å². The third-order valence-electron chi connectivity index (χ3n) is 6.58. The smallest absolute Gasteiger partial charge is 0.407 e. The van der Waals surface area contributed by atoms with Crippen molar-refractivity contribution in [3.05, 3.63) is 62.5 Å². The van der Waals surface area contributed by atoms with Crippen LogP contribution in [0.5, 0.6) is 0 Å². The highest BCUT2D eigenvalue weighted by molar-refractivity contribution is 7.15. The molecule has 1 aliphatic rings. The molecular weight excluding hydrogens is 548 g/mol. The second-order valence-electron chi connectivity index (χ2n) is 10.9. The number of benzene rings is 1. The van der Waals surface area contributed by atoms with Crippen molar-refractivity contribution in [2.75, 3.05) is 13.1 Å². The monoisotopic (exact) mass is 584 g/mol. The maximum absolute atomic E-state index is 13.0. The maximum atomic E-state index is 13.0. The van der Waals surface area contributed by atoms with Crippen LogP contribution in [0.25, 0.3) is 5.00 Å². The van der Waals surface area contributed by atoms with E-state index in [-0.39, 0.29) is 12.3 Å². The van der Waals surface area contributed by atoms with Gasteiger partial charge >= 0.3 is 6.09 Å². The molecule has 0 spiro atoms. The van der Waals surface area contributed by atoms with E-state index in [0.29, 0.717) is 23.9 Å². The summed E-state index contributed by atoms with van der Waals surface area (Å²) in [5.41, 5.74) is 3.44. The minimum absolute atomic E-state index is 0.0959. The summed E-state index contributed by atoms with van der Waals surface area (Å²) in [5, 5.41) is 16.3. The summed E-state index contributed by atoms with van der Waals surface area (Å²) >= 11 is 7.86. The number of nitrogens with zero attached hydrogens (tertiary/aromatic N) is 4. The molecule has 9 nitrogen and oxygen atoms in total. The van der Waals surface area contributed by atoms with Gasteiger partial charge in [-0.3, -0.25) is 14.4 Å². The zero-order valence-electron chi connectivity index (χ0n) is 23.9. The van der Waals surface area contributed by atoms with Gasteiger partial charge in [-0.05, 0) is 78.5 Å². The Kier molecular flexibility index (Phi) is 9.30. The Hall–Kier alpha value is -3.24.